The maximum absolute atomic E-state index is 12.6. The van der Waals surface area contributed by atoms with Crippen molar-refractivity contribution >= 4 is 43.5 Å². The van der Waals surface area contributed by atoms with Crippen LogP contribution in [0.5, 0.6) is 0 Å². The third-order valence-corrected chi connectivity index (χ3v) is 6.40. The van der Waals surface area contributed by atoms with Gasteiger partial charge >= 0.3 is 0 Å². The molecule has 0 aliphatic rings. The number of anilines is 2. The number of aromatic nitrogens is 4. The van der Waals surface area contributed by atoms with Crippen molar-refractivity contribution in [2.24, 2.45) is 0 Å². The molecule has 3 rings (SSSR count). The zero-order valence-corrected chi connectivity index (χ0v) is 19.2. The molecule has 1 aromatic carbocycles. The van der Waals surface area contributed by atoms with Gasteiger partial charge in [0.05, 0.1) is 15.1 Å². The maximum Gasteiger partial charge on any atom is 0.264 e. The number of carbonyl (C=O) groups excluding carboxylic acids is 1. The minimum absolute atomic E-state index is 0.0133. The van der Waals surface area contributed by atoms with E-state index in [9.17, 15) is 13.2 Å². The monoisotopic (exact) mass is 492 g/mol. The number of nitrogens with zero attached hydrogens (tertiary/aromatic N) is 4. The molecule has 30 heavy (non-hydrogen) atoms. The second kappa shape index (κ2) is 8.52. The van der Waals surface area contributed by atoms with Crippen LogP contribution in [0, 0.1) is 20.8 Å². The smallest absolute Gasteiger partial charge is 0.264 e. The number of halogens is 1. The first-order chi connectivity index (χ1) is 14.0. The number of benzene rings is 1. The number of sulfonamides is 1. The summed E-state index contributed by atoms with van der Waals surface area (Å²) in [6.07, 6.45) is 1.73. The van der Waals surface area contributed by atoms with Gasteiger partial charge in [-0.3, -0.25) is 9.48 Å². The molecular formula is C19H21BrN6O3S. The Morgan fingerprint density at radius 2 is 1.70 bits per heavy atom. The lowest BCUT2D eigenvalue weighted by Crippen LogP contribution is -2.24. The maximum atomic E-state index is 12.6. The van der Waals surface area contributed by atoms with Gasteiger partial charge in [0, 0.05) is 23.3 Å². The molecule has 0 spiro atoms. The van der Waals surface area contributed by atoms with Crippen molar-refractivity contribution in [3.63, 3.8) is 0 Å². The molecule has 0 radical (unpaired) electrons. The van der Waals surface area contributed by atoms with Crippen LogP contribution in [-0.2, 0) is 14.8 Å². The van der Waals surface area contributed by atoms with E-state index < -0.39 is 16.1 Å². The van der Waals surface area contributed by atoms with Crippen LogP contribution in [-0.4, -0.2) is 34.1 Å². The number of hydrogen-bond donors (Lipinski definition) is 2. The second-order valence-corrected chi connectivity index (χ2v) is 9.35. The van der Waals surface area contributed by atoms with Gasteiger partial charge in [-0.1, -0.05) is 0 Å². The Balaban J connectivity index is 1.71. The zero-order valence-electron chi connectivity index (χ0n) is 16.8. The lowest BCUT2D eigenvalue weighted by molar-refractivity contribution is -0.119. The molecule has 2 N–H and O–H groups in total. The Morgan fingerprint density at radius 3 is 2.23 bits per heavy atom. The number of carbonyl (C=O) groups is 1. The summed E-state index contributed by atoms with van der Waals surface area (Å²) in [4.78, 5) is 20.7. The molecule has 0 bridgehead atoms. The predicted octanol–water partition coefficient (Wildman–Crippen LogP) is 3.36. The third kappa shape index (κ3) is 5.03. The summed E-state index contributed by atoms with van der Waals surface area (Å²) >= 11 is 3.37. The van der Waals surface area contributed by atoms with Crippen LogP contribution in [0.25, 0.3) is 0 Å². The number of amides is 1. The molecule has 0 aliphatic heterocycles. The fraction of sp³-hybridized carbons (Fsp3) is 0.263. The van der Waals surface area contributed by atoms with Crippen LogP contribution < -0.4 is 10.0 Å². The first kappa shape index (κ1) is 21.9. The van der Waals surface area contributed by atoms with E-state index in [1.807, 2.05) is 6.92 Å². The topological polar surface area (TPSA) is 119 Å². The Kier molecular flexibility index (Phi) is 6.22. The second-order valence-electron chi connectivity index (χ2n) is 6.81. The highest BCUT2D eigenvalue weighted by molar-refractivity contribution is 9.10. The highest BCUT2D eigenvalue weighted by atomic mass is 79.9. The molecule has 158 valence electrons. The SMILES string of the molecule is Cc1cc(C)nc(NS(=O)(=O)c2ccc(NC(=O)C(C)n3cc(Br)c(C)n3)cc2)n1. The van der Waals surface area contributed by atoms with Crippen molar-refractivity contribution in [2.75, 3.05) is 10.0 Å². The predicted molar refractivity (Wildman–Crippen MR) is 117 cm³/mol. The van der Waals surface area contributed by atoms with Crippen molar-refractivity contribution in [3.8, 4) is 0 Å². The van der Waals surface area contributed by atoms with Crippen molar-refractivity contribution in [1.29, 1.82) is 0 Å². The molecule has 0 fully saturated rings. The third-order valence-electron chi connectivity index (χ3n) is 4.27. The minimum atomic E-state index is -3.86. The molecule has 9 nitrogen and oxygen atoms in total. The Labute approximate surface area is 183 Å². The number of rotatable bonds is 6. The summed E-state index contributed by atoms with van der Waals surface area (Å²) < 4.78 is 29.9. The first-order valence-electron chi connectivity index (χ1n) is 9.02. The molecule has 3 aromatic rings. The Hall–Kier alpha value is -2.79. The van der Waals surface area contributed by atoms with Crippen molar-refractivity contribution in [2.45, 2.75) is 38.6 Å². The largest absolute Gasteiger partial charge is 0.324 e. The summed E-state index contributed by atoms with van der Waals surface area (Å²) in [7, 11) is -3.86. The highest BCUT2D eigenvalue weighted by Crippen LogP contribution is 2.20. The van der Waals surface area contributed by atoms with E-state index in [1.54, 1.807) is 37.7 Å². The van der Waals surface area contributed by atoms with E-state index in [0.717, 1.165) is 10.2 Å². The van der Waals surface area contributed by atoms with Crippen LogP contribution in [0.15, 0.2) is 45.9 Å². The van der Waals surface area contributed by atoms with Gasteiger partial charge in [-0.15, -0.1) is 0 Å². The summed E-state index contributed by atoms with van der Waals surface area (Å²) in [6, 6.07) is 7.05. The van der Waals surface area contributed by atoms with Gasteiger partial charge in [0.25, 0.3) is 10.0 Å². The quantitative estimate of drug-likeness (QED) is 0.544. The van der Waals surface area contributed by atoms with Gasteiger partial charge in [0.1, 0.15) is 6.04 Å². The molecule has 0 saturated carbocycles. The molecule has 1 atom stereocenters. The van der Waals surface area contributed by atoms with Crippen LogP contribution in [0.1, 0.15) is 30.0 Å². The minimum Gasteiger partial charge on any atom is -0.324 e. The Morgan fingerprint density at radius 1 is 1.10 bits per heavy atom. The molecule has 2 heterocycles. The lowest BCUT2D eigenvalue weighted by atomic mass is 10.2. The van der Waals surface area contributed by atoms with Gasteiger partial charge in [-0.2, -0.15) is 5.10 Å². The van der Waals surface area contributed by atoms with Crippen molar-refractivity contribution in [3.05, 3.63) is 58.1 Å². The van der Waals surface area contributed by atoms with Gasteiger partial charge in [0.15, 0.2) is 0 Å². The molecule has 11 heteroatoms. The molecular weight excluding hydrogens is 472 g/mol. The summed E-state index contributed by atoms with van der Waals surface area (Å²) in [6.45, 7) is 7.07. The van der Waals surface area contributed by atoms with Crippen molar-refractivity contribution < 1.29 is 13.2 Å². The van der Waals surface area contributed by atoms with Gasteiger partial charge in [-0.25, -0.2) is 23.1 Å². The van der Waals surface area contributed by atoms with Gasteiger partial charge in [0.2, 0.25) is 11.9 Å². The average Bonchev–Trinajstić information content (AvgIpc) is 2.99. The summed E-state index contributed by atoms with van der Waals surface area (Å²) in [5, 5.41) is 7.04. The molecule has 0 aliphatic carbocycles. The molecule has 0 saturated heterocycles. The van der Waals surface area contributed by atoms with E-state index >= 15 is 0 Å². The average molecular weight is 493 g/mol. The van der Waals surface area contributed by atoms with E-state index in [2.05, 4.69) is 41.0 Å². The first-order valence-corrected chi connectivity index (χ1v) is 11.3. The van der Waals surface area contributed by atoms with Gasteiger partial charge < -0.3 is 5.32 Å². The fourth-order valence-electron chi connectivity index (χ4n) is 2.69. The van der Waals surface area contributed by atoms with Crippen LogP contribution >= 0.6 is 15.9 Å². The van der Waals surface area contributed by atoms with Crippen LogP contribution in [0.2, 0.25) is 0 Å². The standard InChI is InChI=1S/C19H21BrN6O3S/c1-11-9-12(2)22-19(21-11)25-30(28,29)16-7-5-15(6-8-16)23-18(27)14(4)26-10-17(20)13(3)24-26/h5-10,14H,1-4H3,(H,23,27)(H,21,22,25). The molecule has 1 unspecified atom stereocenters. The fourth-order valence-corrected chi connectivity index (χ4v) is 3.93. The van der Waals surface area contributed by atoms with E-state index in [0.29, 0.717) is 17.1 Å². The van der Waals surface area contributed by atoms with E-state index in [4.69, 9.17) is 0 Å². The lowest BCUT2D eigenvalue weighted by Gasteiger charge is -2.13. The van der Waals surface area contributed by atoms with Crippen molar-refractivity contribution in [1.82, 2.24) is 19.7 Å². The summed E-state index contributed by atoms with van der Waals surface area (Å²) in [5.41, 5.74) is 2.57. The molecule has 1 amide bonds. The normalized spacial score (nSPS) is 12.4. The van der Waals surface area contributed by atoms with E-state index in [-0.39, 0.29) is 16.8 Å². The van der Waals surface area contributed by atoms with Gasteiger partial charge in [-0.05, 0) is 74.0 Å². The highest BCUT2D eigenvalue weighted by Gasteiger charge is 2.19. The number of aryl methyl sites for hydroxylation is 3. The number of hydrogen-bond acceptors (Lipinski definition) is 6. The number of nitrogens with one attached hydrogen (secondary N) is 2. The Bertz CT molecular complexity index is 1150. The van der Waals surface area contributed by atoms with E-state index in [1.165, 1.54) is 24.3 Å². The zero-order chi connectivity index (χ0) is 22.1. The summed E-state index contributed by atoms with van der Waals surface area (Å²) in [5.74, 6) is -0.262. The molecule has 2 aromatic heterocycles. The van der Waals surface area contributed by atoms with Crippen LogP contribution in [0.3, 0.4) is 0 Å². The van der Waals surface area contributed by atoms with Crippen LogP contribution in [0.4, 0.5) is 11.6 Å².